The lowest BCUT2D eigenvalue weighted by Crippen LogP contribution is -2.25. The summed E-state index contributed by atoms with van der Waals surface area (Å²) in [4.78, 5) is 28.6. The van der Waals surface area contributed by atoms with E-state index in [1.807, 2.05) is 24.3 Å². The van der Waals surface area contributed by atoms with Gasteiger partial charge < -0.3 is 15.4 Å². The second-order valence-electron chi connectivity index (χ2n) is 5.88. The first-order chi connectivity index (χ1) is 13.6. The van der Waals surface area contributed by atoms with Crippen molar-refractivity contribution in [3.63, 3.8) is 0 Å². The number of rotatable bonds is 7. The molecule has 0 saturated heterocycles. The van der Waals surface area contributed by atoms with E-state index in [9.17, 15) is 9.59 Å². The molecule has 7 heteroatoms. The first-order valence-electron chi connectivity index (χ1n) is 8.56. The fourth-order valence-electron chi connectivity index (χ4n) is 2.43. The van der Waals surface area contributed by atoms with E-state index >= 15 is 0 Å². The fraction of sp³-hybridized carbons (Fsp3) is 0.0952. The summed E-state index contributed by atoms with van der Waals surface area (Å²) >= 11 is 3.34. The molecule has 3 aromatic rings. The van der Waals surface area contributed by atoms with E-state index < -0.39 is 0 Å². The summed E-state index contributed by atoms with van der Waals surface area (Å²) in [6.45, 7) is 0.147. The largest absolute Gasteiger partial charge is 0.483 e. The van der Waals surface area contributed by atoms with Crippen molar-refractivity contribution in [2.24, 2.45) is 0 Å². The van der Waals surface area contributed by atoms with E-state index in [1.54, 1.807) is 48.8 Å². The molecule has 2 amide bonds. The minimum absolute atomic E-state index is 0.205. The summed E-state index contributed by atoms with van der Waals surface area (Å²) in [5, 5.41) is 5.57. The number of pyridine rings is 1. The third kappa shape index (κ3) is 5.65. The van der Waals surface area contributed by atoms with Gasteiger partial charge in [0.05, 0.1) is 5.56 Å². The van der Waals surface area contributed by atoms with Gasteiger partial charge in [-0.2, -0.15) is 0 Å². The molecular weight excluding hydrogens is 422 g/mol. The van der Waals surface area contributed by atoms with E-state index in [4.69, 9.17) is 4.74 Å². The summed E-state index contributed by atoms with van der Waals surface area (Å²) in [5.74, 6) is -0.252. The van der Waals surface area contributed by atoms with Crippen LogP contribution in [0.2, 0.25) is 0 Å². The van der Waals surface area contributed by atoms with Crippen LogP contribution in [-0.4, -0.2) is 23.4 Å². The van der Waals surface area contributed by atoms with Gasteiger partial charge in [-0.1, -0.05) is 34.1 Å². The molecule has 0 aliphatic carbocycles. The van der Waals surface area contributed by atoms with Crippen LogP contribution in [0.3, 0.4) is 0 Å². The number of nitrogens with zero attached hydrogens (tertiary/aromatic N) is 1. The molecule has 0 spiro atoms. The molecule has 0 atom stereocenters. The standard InChI is InChI=1S/C21H18BrN3O3/c22-16-7-9-17(10-8-16)25-20(26)14-28-19-6-2-1-5-18(19)21(27)24-13-15-4-3-11-23-12-15/h1-12H,13-14H2,(H,24,27)(H,25,26). The highest BCUT2D eigenvalue weighted by Crippen LogP contribution is 2.18. The number of anilines is 1. The van der Waals surface area contributed by atoms with Crippen LogP contribution in [0.15, 0.2) is 77.5 Å². The van der Waals surface area contributed by atoms with Gasteiger partial charge in [-0.05, 0) is 48.0 Å². The number of benzene rings is 2. The molecule has 142 valence electrons. The van der Waals surface area contributed by atoms with Gasteiger partial charge in [0.2, 0.25) is 0 Å². The first-order valence-corrected chi connectivity index (χ1v) is 9.35. The summed E-state index contributed by atoms with van der Waals surface area (Å²) in [5.41, 5.74) is 1.92. The van der Waals surface area contributed by atoms with Gasteiger partial charge in [0, 0.05) is 29.1 Å². The lowest BCUT2D eigenvalue weighted by Gasteiger charge is -2.12. The number of hydrogen-bond donors (Lipinski definition) is 2. The normalized spacial score (nSPS) is 10.2. The average Bonchev–Trinajstić information content (AvgIpc) is 2.73. The molecule has 1 aromatic heterocycles. The predicted octanol–water partition coefficient (Wildman–Crippen LogP) is 3.79. The zero-order valence-corrected chi connectivity index (χ0v) is 16.5. The number of amides is 2. The molecule has 0 aliphatic rings. The highest BCUT2D eigenvalue weighted by atomic mass is 79.9. The highest BCUT2D eigenvalue weighted by molar-refractivity contribution is 9.10. The van der Waals surface area contributed by atoms with Gasteiger partial charge >= 0.3 is 0 Å². The van der Waals surface area contributed by atoms with E-state index in [1.165, 1.54) is 0 Å². The Balaban J connectivity index is 1.57. The second kappa shape index (κ2) is 9.66. The molecule has 3 rings (SSSR count). The van der Waals surface area contributed by atoms with Crippen LogP contribution in [0.1, 0.15) is 15.9 Å². The van der Waals surface area contributed by atoms with E-state index in [-0.39, 0.29) is 18.4 Å². The quantitative estimate of drug-likeness (QED) is 0.586. The molecule has 6 nitrogen and oxygen atoms in total. The van der Waals surface area contributed by atoms with Gasteiger partial charge in [-0.15, -0.1) is 0 Å². The highest BCUT2D eigenvalue weighted by Gasteiger charge is 2.13. The summed E-state index contributed by atoms with van der Waals surface area (Å²) < 4.78 is 6.50. The zero-order valence-electron chi connectivity index (χ0n) is 14.9. The smallest absolute Gasteiger partial charge is 0.262 e. The van der Waals surface area contributed by atoms with Crippen LogP contribution in [0.5, 0.6) is 5.75 Å². The Hall–Kier alpha value is -3.19. The number of nitrogens with one attached hydrogen (secondary N) is 2. The van der Waals surface area contributed by atoms with Crippen LogP contribution in [0.4, 0.5) is 5.69 Å². The Labute approximate surface area is 171 Å². The van der Waals surface area contributed by atoms with Crippen LogP contribution in [-0.2, 0) is 11.3 Å². The number of halogens is 1. The van der Waals surface area contributed by atoms with Crippen molar-refractivity contribution in [3.05, 3.63) is 88.7 Å². The first kappa shape index (κ1) is 19.6. The Morgan fingerprint density at radius 1 is 1.00 bits per heavy atom. The van der Waals surface area contributed by atoms with Gasteiger partial charge in [-0.25, -0.2) is 0 Å². The van der Waals surface area contributed by atoms with Crippen LogP contribution >= 0.6 is 15.9 Å². The number of carbonyl (C=O) groups is 2. The Bertz CT molecular complexity index is 947. The minimum Gasteiger partial charge on any atom is -0.483 e. The molecule has 0 unspecified atom stereocenters. The van der Waals surface area contributed by atoms with Crippen molar-refractivity contribution in [1.82, 2.24) is 10.3 Å². The molecule has 2 N–H and O–H groups in total. The molecule has 0 aliphatic heterocycles. The minimum atomic E-state index is -0.312. The number of aromatic nitrogens is 1. The van der Waals surface area contributed by atoms with Crippen molar-refractivity contribution >= 4 is 33.4 Å². The predicted molar refractivity (Wildman–Crippen MR) is 110 cm³/mol. The molecule has 0 bridgehead atoms. The molecule has 0 saturated carbocycles. The Morgan fingerprint density at radius 2 is 1.79 bits per heavy atom. The van der Waals surface area contributed by atoms with Gasteiger partial charge in [0.25, 0.3) is 11.8 Å². The third-order valence-corrected chi connectivity index (χ3v) is 4.32. The number of ether oxygens (including phenoxy) is 1. The van der Waals surface area contributed by atoms with E-state index in [0.717, 1.165) is 10.0 Å². The van der Waals surface area contributed by atoms with Crippen molar-refractivity contribution in [2.75, 3.05) is 11.9 Å². The molecule has 0 fully saturated rings. The molecule has 0 radical (unpaired) electrons. The van der Waals surface area contributed by atoms with Crippen molar-refractivity contribution in [1.29, 1.82) is 0 Å². The van der Waals surface area contributed by atoms with Crippen molar-refractivity contribution in [2.45, 2.75) is 6.54 Å². The summed E-state index contributed by atoms with van der Waals surface area (Å²) in [7, 11) is 0. The Kier molecular flexibility index (Phi) is 6.75. The van der Waals surface area contributed by atoms with Crippen molar-refractivity contribution in [3.8, 4) is 5.75 Å². The van der Waals surface area contributed by atoms with Crippen LogP contribution in [0.25, 0.3) is 0 Å². The van der Waals surface area contributed by atoms with Gasteiger partial charge in [0.1, 0.15) is 5.75 Å². The Morgan fingerprint density at radius 3 is 2.54 bits per heavy atom. The second-order valence-corrected chi connectivity index (χ2v) is 6.80. The van der Waals surface area contributed by atoms with Crippen molar-refractivity contribution < 1.29 is 14.3 Å². The SMILES string of the molecule is O=C(COc1ccccc1C(=O)NCc1cccnc1)Nc1ccc(Br)cc1. The zero-order chi connectivity index (χ0) is 19.8. The number of para-hydroxylation sites is 1. The van der Waals surface area contributed by atoms with E-state index in [0.29, 0.717) is 23.5 Å². The van der Waals surface area contributed by atoms with E-state index in [2.05, 4.69) is 31.5 Å². The molecule has 1 heterocycles. The summed E-state index contributed by atoms with van der Waals surface area (Å²) in [6.07, 6.45) is 3.36. The lowest BCUT2D eigenvalue weighted by molar-refractivity contribution is -0.118. The topological polar surface area (TPSA) is 80.3 Å². The maximum absolute atomic E-state index is 12.5. The summed E-state index contributed by atoms with van der Waals surface area (Å²) in [6, 6.07) is 17.7. The average molecular weight is 440 g/mol. The van der Waals surface area contributed by atoms with Gasteiger partial charge in [-0.3, -0.25) is 14.6 Å². The number of carbonyl (C=O) groups excluding carboxylic acids is 2. The fourth-order valence-corrected chi connectivity index (χ4v) is 2.70. The number of hydrogen-bond acceptors (Lipinski definition) is 4. The van der Waals surface area contributed by atoms with Gasteiger partial charge in [0.15, 0.2) is 6.61 Å². The van der Waals surface area contributed by atoms with Crippen LogP contribution in [0, 0.1) is 0 Å². The molecule has 2 aromatic carbocycles. The monoisotopic (exact) mass is 439 g/mol. The molecular formula is C21H18BrN3O3. The maximum Gasteiger partial charge on any atom is 0.262 e. The lowest BCUT2D eigenvalue weighted by atomic mass is 10.2. The third-order valence-electron chi connectivity index (χ3n) is 3.79. The molecule has 28 heavy (non-hydrogen) atoms. The maximum atomic E-state index is 12.5. The van der Waals surface area contributed by atoms with Crippen LogP contribution < -0.4 is 15.4 Å².